The van der Waals surface area contributed by atoms with Crippen molar-refractivity contribution in [1.29, 1.82) is 0 Å². The van der Waals surface area contributed by atoms with Crippen LogP contribution in [0.15, 0.2) is 55.1 Å². The van der Waals surface area contributed by atoms with Crippen molar-refractivity contribution in [3.05, 3.63) is 76.3 Å². The van der Waals surface area contributed by atoms with Crippen molar-refractivity contribution in [3.8, 4) is 5.75 Å². The molecule has 0 aliphatic rings. The molecule has 3 nitrogen and oxygen atoms in total. The van der Waals surface area contributed by atoms with E-state index in [0.29, 0.717) is 28.0 Å². The van der Waals surface area contributed by atoms with Crippen LogP contribution in [0.5, 0.6) is 5.75 Å². The lowest BCUT2D eigenvalue weighted by atomic mass is 10.2. The topological polar surface area (TPSA) is 35.5 Å². The number of halogens is 2. The Balaban J connectivity index is 2.02. The molecule has 0 N–H and O–H groups in total. The predicted octanol–water partition coefficient (Wildman–Crippen LogP) is 4.92. The molecule has 2 aromatic carbocycles. The highest BCUT2D eigenvalue weighted by molar-refractivity contribution is 6.42. The van der Waals surface area contributed by atoms with Gasteiger partial charge in [0.1, 0.15) is 19.0 Å². The summed E-state index contributed by atoms with van der Waals surface area (Å²) < 4.78 is 10.6. The first-order chi connectivity index (χ1) is 10.6. The number of benzene rings is 2. The van der Waals surface area contributed by atoms with Crippen molar-refractivity contribution in [3.63, 3.8) is 0 Å². The molecule has 0 radical (unpaired) electrons. The molecule has 0 unspecified atom stereocenters. The second kappa shape index (κ2) is 7.87. The number of esters is 1. The highest BCUT2D eigenvalue weighted by Crippen LogP contribution is 2.23. The Morgan fingerprint density at radius 3 is 2.68 bits per heavy atom. The lowest BCUT2D eigenvalue weighted by molar-refractivity contribution is 0.0549. The van der Waals surface area contributed by atoms with E-state index in [4.69, 9.17) is 32.7 Å². The molecule has 5 heteroatoms. The molecular formula is C17H14Cl2O3. The number of carbonyl (C=O) groups is 1. The number of hydrogen-bond acceptors (Lipinski definition) is 3. The number of ether oxygens (including phenoxy) is 2. The summed E-state index contributed by atoms with van der Waals surface area (Å²) in [6.45, 7) is 3.99. The summed E-state index contributed by atoms with van der Waals surface area (Å²) in [6, 6.07) is 12.1. The minimum Gasteiger partial charge on any atom is -0.489 e. The molecule has 0 saturated heterocycles. The molecule has 0 aromatic heterocycles. The predicted molar refractivity (Wildman–Crippen MR) is 87.7 cm³/mol. The van der Waals surface area contributed by atoms with E-state index in [1.165, 1.54) is 6.08 Å². The lowest BCUT2D eigenvalue weighted by Crippen LogP contribution is -2.05. The summed E-state index contributed by atoms with van der Waals surface area (Å²) in [6.07, 6.45) is 1.52. The van der Waals surface area contributed by atoms with Gasteiger partial charge in [0, 0.05) is 0 Å². The quantitative estimate of drug-likeness (QED) is 0.555. The summed E-state index contributed by atoms with van der Waals surface area (Å²) in [7, 11) is 0. The molecule has 22 heavy (non-hydrogen) atoms. The zero-order valence-corrected chi connectivity index (χ0v) is 13.2. The fourth-order valence-corrected chi connectivity index (χ4v) is 2.05. The van der Waals surface area contributed by atoms with Crippen LogP contribution in [0.2, 0.25) is 10.0 Å². The molecule has 114 valence electrons. The largest absolute Gasteiger partial charge is 0.489 e. The molecule has 0 spiro atoms. The average Bonchev–Trinajstić information content (AvgIpc) is 2.54. The Morgan fingerprint density at radius 1 is 1.14 bits per heavy atom. The monoisotopic (exact) mass is 336 g/mol. The maximum Gasteiger partial charge on any atom is 0.338 e. The van der Waals surface area contributed by atoms with Crippen LogP contribution < -0.4 is 4.74 Å². The van der Waals surface area contributed by atoms with Crippen molar-refractivity contribution < 1.29 is 14.3 Å². The van der Waals surface area contributed by atoms with E-state index < -0.39 is 5.97 Å². The van der Waals surface area contributed by atoms with Crippen molar-refractivity contribution in [2.24, 2.45) is 0 Å². The summed E-state index contributed by atoms with van der Waals surface area (Å²) in [5, 5.41) is 0.974. The van der Waals surface area contributed by atoms with Gasteiger partial charge in [-0.05, 0) is 35.9 Å². The molecule has 2 rings (SSSR count). The maximum absolute atomic E-state index is 11.8. The van der Waals surface area contributed by atoms with Crippen LogP contribution >= 0.6 is 23.2 Å². The van der Waals surface area contributed by atoms with Gasteiger partial charge in [-0.25, -0.2) is 4.79 Å². The number of rotatable bonds is 6. The van der Waals surface area contributed by atoms with Gasteiger partial charge in [0.25, 0.3) is 0 Å². The van der Waals surface area contributed by atoms with E-state index in [1.807, 2.05) is 6.07 Å². The van der Waals surface area contributed by atoms with E-state index >= 15 is 0 Å². The van der Waals surface area contributed by atoms with Crippen molar-refractivity contribution >= 4 is 29.2 Å². The second-order valence-electron chi connectivity index (χ2n) is 4.45. The van der Waals surface area contributed by atoms with Gasteiger partial charge < -0.3 is 9.47 Å². The van der Waals surface area contributed by atoms with Gasteiger partial charge in [-0.1, -0.05) is 48.0 Å². The molecule has 0 aliphatic heterocycles. The minimum atomic E-state index is -0.417. The molecular weight excluding hydrogens is 323 g/mol. The maximum atomic E-state index is 11.8. The van der Waals surface area contributed by atoms with Crippen molar-refractivity contribution in [1.82, 2.24) is 0 Å². The second-order valence-corrected chi connectivity index (χ2v) is 5.27. The number of hydrogen-bond donors (Lipinski definition) is 0. The van der Waals surface area contributed by atoms with Gasteiger partial charge in [-0.15, -0.1) is 0 Å². The Bertz CT molecular complexity index is 683. The zero-order valence-electron chi connectivity index (χ0n) is 11.7. The Hall–Kier alpha value is -1.97. The normalized spacial score (nSPS) is 10.1. The summed E-state index contributed by atoms with van der Waals surface area (Å²) >= 11 is 11.8. The van der Waals surface area contributed by atoms with E-state index in [0.717, 1.165) is 5.56 Å². The summed E-state index contributed by atoms with van der Waals surface area (Å²) in [5.41, 5.74) is 1.31. The van der Waals surface area contributed by atoms with E-state index in [-0.39, 0.29) is 6.61 Å². The SMILES string of the molecule is C=CCOC(=O)c1cccc(OCc2ccc(Cl)c(Cl)c2)c1. The molecule has 0 fully saturated rings. The molecule has 0 heterocycles. The Morgan fingerprint density at radius 2 is 1.95 bits per heavy atom. The van der Waals surface area contributed by atoms with Gasteiger partial charge in [-0.2, -0.15) is 0 Å². The first-order valence-corrected chi connectivity index (χ1v) is 7.30. The Kier molecular flexibility index (Phi) is 5.87. The van der Waals surface area contributed by atoms with E-state index in [2.05, 4.69) is 6.58 Å². The number of carbonyl (C=O) groups excluding carboxylic acids is 1. The van der Waals surface area contributed by atoms with Gasteiger partial charge in [-0.3, -0.25) is 0 Å². The molecule has 0 amide bonds. The van der Waals surface area contributed by atoms with Crippen LogP contribution in [-0.4, -0.2) is 12.6 Å². The van der Waals surface area contributed by atoms with Crippen LogP contribution in [0.25, 0.3) is 0 Å². The highest BCUT2D eigenvalue weighted by atomic mass is 35.5. The van der Waals surface area contributed by atoms with Gasteiger partial charge >= 0.3 is 5.97 Å². The minimum absolute atomic E-state index is 0.174. The molecule has 2 aromatic rings. The molecule has 0 bridgehead atoms. The first-order valence-electron chi connectivity index (χ1n) is 6.55. The molecule has 0 aliphatic carbocycles. The summed E-state index contributed by atoms with van der Waals surface area (Å²) in [4.78, 5) is 11.8. The fourth-order valence-electron chi connectivity index (χ4n) is 1.73. The van der Waals surface area contributed by atoms with Crippen LogP contribution in [0.3, 0.4) is 0 Å². The van der Waals surface area contributed by atoms with Gasteiger partial charge in [0.05, 0.1) is 15.6 Å². The third-order valence-corrected chi connectivity index (χ3v) is 3.53. The van der Waals surface area contributed by atoms with Crippen LogP contribution in [0.4, 0.5) is 0 Å². The average molecular weight is 337 g/mol. The summed E-state index contributed by atoms with van der Waals surface area (Å²) in [5.74, 6) is 0.152. The van der Waals surface area contributed by atoms with Crippen molar-refractivity contribution in [2.45, 2.75) is 6.61 Å². The molecule has 0 saturated carbocycles. The fraction of sp³-hybridized carbons (Fsp3) is 0.118. The van der Waals surface area contributed by atoms with E-state index in [1.54, 1.807) is 36.4 Å². The zero-order chi connectivity index (χ0) is 15.9. The smallest absolute Gasteiger partial charge is 0.338 e. The van der Waals surface area contributed by atoms with Crippen LogP contribution in [0, 0.1) is 0 Å². The first kappa shape index (κ1) is 16.4. The van der Waals surface area contributed by atoms with Crippen molar-refractivity contribution in [2.75, 3.05) is 6.61 Å². The van der Waals surface area contributed by atoms with Crippen LogP contribution in [-0.2, 0) is 11.3 Å². The van der Waals surface area contributed by atoms with E-state index in [9.17, 15) is 4.79 Å². The van der Waals surface area contributed by atoms with Gasteiger partial charge in [0.15, 0.2) is 0 Å². The molecule has 0 atom stereocenters. The Labute approximate surface area is 139 Å². The highest BCUT2D eigenvalue weighted by Gasteiger charge is 2.08. The van der Waals surface area contributed by atoms with Crippen LogP contribution in [0.1, 0.15) is 15.9 Å². The van der Waals surface area contributed by atoms with Gasteiger partial charge in [0.2, 0.25) is 0 Å². The third kappa shape index (κ3) is 4.52. The third-order valence-electron chi connectivity index (χ3n) is 2.79. The standard InChI is InChI=1S/C17H14Cl2O3/c1-2-8-21-17(20)13-4-3-5-14(10-13)22-11-12-6-7-15(18)16(19)9-12/h2-7,9-10H,1,8,11H2. The lowest BCUT2D eigenvalue weighted by Gasteiger charge is -2.08.